The highest BCUT2D eigenvalue weighted by molar-refractivity contribution is 7.89. The number of carbonyl (C=O) groups excluding carboxylic acids is 1. The predicted molar refractivity (Wildman–Crippen MR) is 83.4 cm³/mol. The summed E-state index contributed by atoms with van der Waals surface area (Å²) in [5, 5.41) is 4.04. The summed E-state index contributed by atoms with van der Waals surface area (Å²) in [5.41, 5.74) is 1.13. The molecule has 0 aliphatic heterocycles. The summed E-state index contributed by atoms with van der Waals surface area (Å²) in [6.07, 6.45) is 2.84. The molecule has 9 heteroatoms. The third-order valence-electron chi connectivity index (χ3n) is 3.64. The number of nitrogens with zero attached hydrogens (tertiary/aromatic N) is 4. The van der Waals surface area contributed by atoms with Crippen LogP contribution < -0.4 is 0 Å². The quantitative estimate of drug-likeness (QED) is 0.718. The molecule has 2 heterocycles. The second-order valence-electron chi connectivity index (χ2n) is 5.09. The van der Waals surface area contributed by atoms with E-state index in [1.54, 1.807) is 13.0 Å². The zero-order chi connectivity index (χ0) is 17.5. The molecule has 0 aliphatic carbocycles. The molecule has 24 heavy (non-hydrogen) atoms. The van der Waals surface area contributed by atoms with Crippen molar-refractivity contribution in [3.05, 3.63) is 59.8 Å². The van der Waals surface area contributed by atoms with E-state index in [0.29, 0.717) is 15.6 Å². The number of amides is 1. The highest BCUT2D eigenvalue weighted by atomic mass is 32.2. The fourth-order valence-electron chi connectivity index (χ4n) is 2.24. The number of fused-ring (bicyclic) bond motifs is 1. The molecule has 0 spiro atoms. The van der Waals surface area contributed by atoms with Crippen molar-refractivity contribution in [1.29, 1.82) is 0 Å². The Kier molecular flexibility index (Phi) is 3.80. The molecule has 0 saturated carbocycles. The Balaban J connectivity index is 2.01. The minimum absolute atomic E-state index is 0.111. The molecule has 0 N–H and O–H groups in total. The summed E-state index contributed by atoms with van der Waals surface area (Å²) >= 11 is 0. The van der Waals surface area contributed by atoms with Crippen LogP contribution in [0.3, 0.4) is 0 Å². The fraction of sp³-hybridized carbons (Fsp3) is 0.133. The van der Waals surface area contributed by atoms with Crippen LogP contribution >= 0.6 is 0 Å². The Hall–Kier alpha value is -2.81. The van der Waals surface area contributed by atoms with Crippen molar-refractivity contribution < 1.29 is 17.6 Å². The summed E-state index contributed by atoms with van der Waals surface area (Å²) in [7, 11) is -2.95. The Morgan fingerprint density at radius 3 is 2.54 bits per heavy atom. The number of aryl methyl sites for hydroxylation is 1. The second-order valence-corrected chi connectivity index (χ2v) is 7.06. The number of carbonyl (C=O) groups is 1. The first-order chi connectivity index (χ1) is 11.3. The molecule has 0 radical (unpaired) electrons. The molecule has 1 amide bonds. The molecule has 124 valence electrons. The molecular weight excluding hydrogens is 335 g/mol. The number of aromatic nitrogens is 3. The van der Waals surface area contributed by atoms with Gasteiger partial charge < -0.3 is 0 Å². The number of hydrogen-bond donors (Lipinski definition) is 0. The van der Waals surface area contributed by atoms with E-state index in [0.717, 1.165) is 31.3 Å². The van der Waals surface area contributed by atoms with Crippen LogP contribution in [0.1, 0.15) is 16.1 Å². The first-order valence-electron chi connectivity index (χ1n) is 6.90. The smallest absolute Gasteiger partial charge is 0.268 e. The summed E-state index contributed by atoms with van der Waals surface area (Å²) < 4.78 is 40.1. The summed E-state index contributed by atoms with van der Waals surface area (Å²) in [5.74, 6) is -1.31. The van der Waals surface area contributed by atoms with Crippen LogP contribution in [0.5, 0.6) is 0 Å². The van der Waals surface area contributed by atoms with Crippen LogP contribution in [0.4, 0.5) is 4.39 Å². The van der Waals surface area contributed by atoms with Gasteiger partial charge in [0.2, 0.25) is 0 Å². The van der Waals surface area contributed by atoms with Gasteiger partial charge in [0, 0.05) is 19.3 Å². The lowest BCUT2D eigenvalue weighted by molar-refractivity contribution is 0.0881. The zero-order valence-electron chi connectivity index (χ0n) is 12.8. The minimum atomic E-state index is -4.10. The average molecular weight is 348 g/mol. The largest absolute Gasteiger partial charge is 0.270 e. The van der Waals surface area contributed by atoms with E-state index in [1.165, 1.54) is 16.9 Å². The maximum atomic E-state index is 13.0. The van der Waals surface area contributed by atoms with E-state index < -0.39 is 21.7 Å². The lowest BCUT2D eigenvalue weighted by Gasteiger charge is -2.18. The van der Waals surface area contributed by atoms with E-state index in [4.69, 9.17) is 0 Å². The predicted octanol–water partition coefficient (Wildman–Crippen LogP) is 1.64. The molecule has 0 atom stereocenters. The van der Waals surface area contributed by atoms with Gasteiger partial charge >= 0.3 is 0 Å². The van der Waals surface area contributed by atoms with Crippen molar-refractivity contribution in [3.8, 4) is 0 Å². The normalized spacial score (nSPS) is 11.6. The van der Waals surface area contributed by atoms with E-state index in [9.17, 15) is 17.6 Å². The summed E-state index contributed by atoms with van der Waals surface area (Å²) in [4.78, 5) is 16.5. The van der Waals surface area contributed by atoms with Gasteiger partial charge in [-0.3, -0.25) is 4.79 Å². The SMILES string of the molecule is Cc1c(C(=O)N(C)S(=O)(=O)c2ccc(F)cc2)cnc2ccnn12. The number of halogens is 1. The molecule has 0 bridgehead atoms. The van der Waals surface area contributed by atoms with E-state index >= 15 is 0 Å². The van der Waals surface area contributed by atoms with Crippen LogP contribution in [0.2, 0.25) is 0 Å². The number of rotatable bonds is 3. The highest BCUT2D eigenvalue weighted by Crippen LogP contribution is 2.19. The van der Waals surface area contributed by atoms with Gasteiger partial charge in [0.15, 0.2) is 5.65 Å². The molecular formula is C15H13FN4O3S. The number of benzene rings is 1. The fourth-order valence-corrected chi connectivity index (χ4v) is 3.36. The average Bonchev–Trinajstić information content (AvgIpc) is 3.04. The van der Waals surface area contributed by atoms with Gasteiger partial charge in [-0.1, -0.05) is 0 Å². The van der Waals surface area contributed by atoms with E-state index in [2.05, 4.69) is 10.1 Å². The summed E-state index contributed by atoms with van der Waals surface area (Å²) in [6.45, 7) is 1.65. The summed E-state index contributed by atoms with van der Waals surface area (Å²) in [6, 6.07) is 5.92. The monoisotopic (exact) mass is 348 g/mol. The van der Waals surface area contributed by atoms with Crippen molar-refractivity contribution in [2.45, 2.75) is 11.8 Å². The maximum absolute atomic E-state index is 13.0. The Morgan fingerprint density at radius 2 is 1.88 bits per heavy atom. The van der Waals surface area contributed by atoms with Gasteiger partial charge in [-0.05, 0) is 31.2 Å². The van der Waals surface area contributed by atoms with E-state index in [1.807, 2.05) is 0 Å². The molecule has 7 nitrogen and oxygen atoms in total. The van der Waals surface area contributed by atoms with Gasteiger partial charge in [-0.25, -0.2) is 26.6 Å². The maximum Gasteiger partial charge on any atom is 0.270 e. The van der Waals surface area contributed by atoms with E-state index in [-0.39, 0.29) is 10.5 Å². The van der Waals surface area contributed by atoms with Gasteiger partial charge in [-0.15, -0.1) is 0 Å². The van der Waals surface area contributed by atoms with Crippen LogP contribution in [-0.4, -0.2) is 40.3 Å². The molecule has 3 rings (SSSR count). The molecule has 0 saturated heterocycles. The lowest BCUT2D eigenvalue weighted by atomic mass is 10.2. The van der Waals surface area contributed by atoms with Crippen molar-refractivity contribution in [2.24, 2.45) is 0 Å². The van der Waals surface area contributed by atoms with Crippen LogP contribution in [0, 0.1) is 12.7 Å². The Morgan fingerprint density at radius 1 is 1.21 bits per heavy atom. The molecule has 0 fully saturated rings. The topological polar surface area (TPSA) is 84.6 Å². The van der Waals surface area contributed by atoms with Gasteiger partial charge in [0.1, 0.15) is 5.82 Å². The molecule has 1 aromatic carbocycles. The Labute approximate surface area is 137 Å². The van der Waals surface area contributed by atoms with Crippen molar-refractivity contribution in [3.63, 3.8) is 0 Å². The first-order valence-corrected chi connectivity index (χ1v) is 8.34. The standard InChI is InChI=1S/C15H13FN4O3S/c1-10-13(9-17-14-7-8-18-20(10)14)15(21)19(2)24(22,23)12-5-3-11(16)4-6-12/h3-9H,1-2H3. The van der Waals surface area contributed by atoms with Gasteiger partial charge in [-0.2, -0.15) is 5.10 Å². The zero-order valence-corrected chi connectivity index (χ0v) is 13.7. The molecule has 0 unspecified atom stereocenters. The van der Waals surface area contributed by atoms with Gasteiger partial charge in [0.05, 0.1) is 22.3 Å². The third kappa shape index (κ3) is 2.52. The Bertz CT molecular complexity index is 1030. The minimum Gasteiger partial charge on any atom is -0.268 e. The molecule has 3 aromatic rings. The lowest BCUT2D eigenvalue weighted by Crippen LogP contribution is -2.34. The van der Waals surface area contributed by atoms with Crippen LogP contribution in [-0.2, 0) is 10.0 Å². The van der Waals surface area contributed by atoms with Crippen LogP contribution in [0.15, 0.2) is 47.6 Å². The van der Waals surface area contributed by atoms with Gasteiger partial charge in [0.25, 0.3) is 15.9 Å². The highest BCUT2D eigenvalue weighted by Gasteiger charge is 2.28. The second kappa shape index (κ2) is 5.68. The van der Waals surface area contributed by atoms with Crippen molar-refractivity contribution >= 4 is 21.6 Å². The molecule has 2 aromatic heterocycles. The number of sulfonamides is 1. The van der Waals surface area contributed by atoms with Crippen molar-refractivity contribution in [1.82, 2.24) is 18.9 Å². The first kappa shape index (κ1) is 16.1. The number of hydrogen-bond acceptors (Lipinski definition) is 5. The van der Waals surface area contributed by atoms with Crippen molar-refractivity contribution in [2.75, 3.05) is 7.05 Å². The van der Waals surface area contributed by atoms with Crippen LogP contribution in [0.25, 0.3) is 5.65 Å². The molecule has 0 aliphatic rings. The third-order valence-corrected chi connectivity index (χ3v) is 5.40.